The predicted molar refractivity (Wildman–Crippen MR) is 117 cm³/mol. The molecule has 1 atom stereocenters. The zero-order valence-electron chi connectivity index (χ0n) is 16.5. The van der Waals surface area contributed by atoms with Gasteiger partial charge in [-0.05, 0) is 41.5 Å². The molecule has 0 saturated carbocycles. The predicted octanol–water partition coefficient (Wildman–Crippen LogP) is 3.47. The first-order valence-corrected chi connectivity index (χ1v) is 10.0. The van der Waals surface area contributed by atoms with Crippen molar-refractivity contribution in [2.75, 3.05) is 0 Å². The molecule has 2 aromatic heterocycles. The van der Waals surface area contributed by atoms with E-state index in [0.29, 0.717) is 21.9 Å². The number of aromatic nitrogens is 2. The highest BCUT2D eigenvalue weighted by Crippen LogP contribution is 2.31. The lowest BCUT2D eigenvalue weighted by Gasteiger charge is -2.22. The smallest absolute Gasteiger partial charge is 0.319 e. The Morgan fingerprint density at radius 1 is 1.00 bits per heavy atom. The first kappa shape index (κ1) is 19.3. The Kier molecular flexibility index (Phi) is 4.30. The zero-order chi connectivity index (χ0) is 21.8. The number of rotatable bonds is 3. The van der Waals surface area contributed by atoms with Gasteiger partial charge in [-0.3, -0.25) is 18.9 Å². The molecule has 1 N–H and O–H groups in total. The van der Waals surface area contributed by atoms with Crippen molar-refractivity contribution >= 4 is 40.0 Å². The molecule has 1 aliphatic rings. The number of urea groups is 1. The molecule has 3 amide bonds. The lowest BCUT2D eigenvalue weighted by atomic mass is 9.90. The Bertz CT molecular complexity index is 1450. The fourth-order valence-corrected chi connectivity index (χ4v) is 4.07. The van der Waals surface area contributed by atoms with Crippen molar-refractivity contribution in [2.24, 2.45) is 0 Å². The highest BCUT2D eigenvalue weighted by atomic mass is 35.5. The Labute approximate surface area is 181 Å². The topological polar surface area (TPSA) is 83.8 Å². The normalized spacial score (nSPS) is 18.7. The van der Waals surface area contributed by atoms with E-state index >= 15 is 0 Å². The van der Waals surface area contributed by atoms with Gasteiger partial charge in [-0.2, -0.15) is 0 Å². The molecular formula is C23H17ClN4O3. The number of amides is 3. The number of hydrogen-bond donors (Lipinski definition) is 1. The van der Waals surface area contributed by atoms with Gasteiger partial charge in [-0.15, -0.1) is 0 Å². The van der Waals surface area contributed by atoms with Crippen LogP contribution >= 0.6 is 11.6 Å². The van der Waals surface area contributed by atoms with Gasteiger partial charge in [0.15, 0.2) is 0 Å². The molecule has 1 saturated heterocycles. The van der Waals surface area contributed by atoms with Gasteiger partial charge in [-0.25, -0.2) is 9.78 Å². The summed E-state index contributed by atoms with van der Waals surface area (Å²) in [5.74, 6) is -0.397. The highest BCUT2D eigenvalue weighted by Gasteiger charge is 2.49. The van der Waals surface area contributed by atoms with Crippen LogP contribution in [0, 0.1) is 0 Å². The summed E-state index contributed by atoms with van der Waals surface area (Å²) in [6, 6.07) is 17.5. The molecule has 2 aromatic carbocycles. The number of nitrogens with zero attached hydrogens (tertiary/aromatic N) is 3. The van der Waals surface area contributed by atoms with Gasteiger partial charge in [0.25, 0.3) is 11.5 Å². The van der Waals surface area contributed by atoms with E-state index in [1.807, 2.05) is 42.5 Å². The Morgan fingerprint density at radius 3 is 2.58 bits per heavy atom. The zero-order valence-corrected chi connectivity index (χ0v) is 17.3. The second kappa shape index (κ2) is 6.92. The van der Waals surface area contributed by atoms with Gasteiger partial charge in [0.2, 0.25) is 0 Å². The summed E-state index contributed by atoms with van der Waals surface area (Å²) in [6.07, 6.45) is 1.47. The van der Waals surface area contributed by atoms with Crippen LogP contribution in [0.15, 0.2) is 71.7 Å². The monoisotopic (exact) mass is 432 g/mol. The molecule has 0 radical (unpaired) electrons. The molecule has 0 bridgehead atoms. The van der Waals surface area contributed by atoms with Crippen molar-refractivity contribution in [2.45, 2.75) is 19.0 Å². The number of carbonyl (C=O) groups excluding carboxylic acids is 2. The number of benzene rings is 2. The number of carbonyl (C=O) groups is 2. The van der Waals surface area contributed by atoms with Crippen LogP contribution in [0.3, 0.4) is 0 Å². The third-order valence-corrected chi connectivity index (χ3v) is 5.82. The lowest BCUT2D eigenvalue weighted by molar-refractivity contribution is -0.131. The summed E-state index contributed by atoms with van der Waals surface area (Å²) in [7, 11) is 0. The summed E-state index contributed by atoms with van der Waals surface area (Å²) in [5.41, 5.74) is -0.157. The second-order valence-corrected chi connectivity index (χ2v) is 8.11. The molecule has 1 unspecified atom stereocenters. The first-order valence-electron chi connectivity index (χ1n) is 9.66. The number of halogens is 1. The van der Waals surface area contributed by atoms with Gasteiger partial charge in [0.1, 0.15) is 11.2 Å². The Balaban J connectivity index is 1.49. The van der Waals surface area contributed by atoms with Crippen molar-refractivity contribution in [3.8, 4) is 0 Å². The number of pyridine rings is 1. The summed E-state index contributed by atoms with van der Waals surface area (Å²) < 4.78 is 1.32. The Hall–Kier alpha value is -3.71. The number of imide groups is 1. The van der Waals surface area contributed by atoms with E-state index in [0.717, 1.165) is 15.7 Å². The van der Waals surface area contributed by atoms with Crippen LogP contribution in [0.25, 0.3) is 16.4 Å². The van der Waals surface area contributed by atoms with Crippen LogP contribution in [0.1, 0.15) is 18.2 Å². The van der Waals surface area contributed by atoms with Crippen LogP contribution in [-0.2, 0) is 16.9 Å². The van der Waals surface area contributed by atoms with Crippen LogP contribution in [0.2, 0.25) is 5.02 Å². The molecule has 7 nitrogen and oxygen atoms in total. The molecular weight excluding hydrogens is 416 g/mol. The van der Waals surface area contributed by atoms with Crippen molar-refractivity contribution in [3.05, 3.63) is 93.5 Å². The molecule has 4 aromatic rings. The molecule has 8 heteroatoms. The van der Waals surface area contributed by atoms with Crippen molar-refractivity contribution < 1.29 is 9.59 Å². The SMILES string of the molecule is CC1(c2ccc3ccccc3c2)NC(=O)N(Cc2cc(=O)n3cc(Cl)ccc3n2)C1=O. The van der Waals surface area contributed by atoms with Gasteiger partial charge < -0.3 is 5.32 Å². The number of fused-ring (bicyclic) bond motifs is 2. The largest absolute Gasteiger partial charge is 0.325 e. The maximum Gasteiger partial charge on any atom is 0.325 e. The van der Waals surface area contributed by atoms with E-state index in [4.69, 9.17) is 11.6 Å². The van der Waals surface area contributed by atoms with E-state index in [-0.39, 0.29) is 12.1 Å². The summed E-state index contributed by atoms with van der Waals surface area (Å²) in [6.45, 7) is 1.57. The van der Waals surface area contributed by atoms with E-state index in [2.05, 4.69) is 10.3 Å². The minimum Gasteiger partial charge on any atom is -0.319 e. The lowest BCUT2D eigenvalue weighted by Crippen LogP contribution is -2.40. The van der Waals surface area contributed by atoms with Gasteiger partial charge in [0, 0.05) is 12.3 Å². The van der Waals surface area contributed by atoms with Crippen molar-refractivity contribution in [1.29, 1.82) is 0 Å². The molecule has 1 fully saturated rings. The molecule has 0 aliphatic carbocycles. The molecule has 5 rings (SSSR count). The number of nitrogens with one attached hydrogen (secondary N) is 1. The molecule has 1 aliphatic heterocycles. The fraction of sp³-hybridized carbons (Fsp3) is 0.130. The number of hydrogen-bond acceptors (Lipinski definition) is 4. The maximum absolute atomic E-state index is 13.3. The van der Waals surface area contributed by atoms with E-state index in [9.17, 15) is 14.4 Å². The average molecular weight is 433 g/mol. The third kappa shape index (κ3) is 3.14. The Morgan fingerprint density at radius 2 is 1.77 bits per heavy atom. The third-order valence-electron chi connectivity index (χ3n) is 5.60. The van der Waals surface area contributed by atoms with Crippen LogP contribution in [-0.4, -0.2) is 26.2 Å². The van der Waals surface area contributed by atoms with Gasteiger partial charge in [0.05, 0.1) is 17.3 Å². The molecule has 154 valence electrons. The molecule has 0 spiro atoms. The van der Waals surface area contributed by atoms with Crippen LogP contribution in [0.5, 0.6) is 0 Å². The fourth-order valence-electron chi connectivity index (χ4n) is 3.91. The summed E-state index contributed by atoms with van der Waals surface area (Å²) >= 11 is 5.94. The minimum absolute atomic E-state index is 0.109. The standard InChI is InChI=1S/C23H17ClN4O3/c1-23(16-7-6-14-4-2-3-5-15(14)10-16)21(30)28(22(31)26-23)13-18-11-20(29)27-12-17(24)8-9-19(27)25-18/h2-12H,13H2,1H3,(H,26,31). The maximum atomic E-state index is 13.3. The van der Waals surface area contributed by atoms with Crippen LogP contribution in [0.4, 0.5) is 4.79 Å². The van der Waals surface area contributed by atoms with Crippen molar-refractivity contribution in [3.63, 3.8) is 0 Å². The van der Waals surface area contributed by atoms with E-state index in [1.54, 1.807) is 19.1 Å². The van der Waals surface area contributed by atoms with Gasteiger partial charge in [-0.1, -0.05) is 48.0 Å². The quantitative estimate of drug-likeness (QED) is 0.502. The molecule has 3 heterocycles. The van der Waals surface area contributed by atoms with Gasteiger partial charge >= 0.3 is 6.03 Å². The van der Waals surface area contributed by atoms with E-state index in [1.165, 1.54) is 16.7 Å². The first-order chi connectivity index (χ1) is 14.8. The molecule has 31 heavy (non-hydrogen) atoms. The minimum atomic E-state index is -1.21. The average Bonchev–Trinajstić information content (AvgIpc) is 2.98. The van der Waals surface area contributed by atoms with Crippen LogP contribution < -0.4 is 10.9 Å². The van der Waals surface area contributed by atoms with E-state index < -0.39 is 17.5 Å². The second-order valence-electron chi connectivity index (χ2n) is 7.67. The summed E-state index contributed by atoms with van der Waals surface area (Å²) in [4.78, 5) is 43.9. The summed E-state index contributed by atoms with van der Waals surface area (Å²) in [5, 5.41) is 5.23. The van der Waals surface area contributed by atoms with Crippen molar-refractivity contribution in [1.82, 2.24) is 19.6 Å². The highest BCUT2D eigenvalue weighted by molar-refractivity contribution is 6.30.